The fraction of sp³-hybridized carbons (Fsp3) is 0.500. The van der Waals surface area contributed by atoms with E-state index in [-0.39, 0.29) is 6.10 Å². The van der Waals surface area contributed by atoms with Crippen LogP contribution in [0.3, 0.4) is 0 Å². The molecular formula is C12H15N3OS. The van der Waals surface area contributed by atoms with Crippen molar-refractivity contribution < 1.29 is 4.74 Å². The van der Waals surface area contributed by atoms with Gasteiger partial charge < -0.3 is 4.74 Å². The zero-order chi connectivity index (χ0) is 12.0. The zero-order valence-electron chi connectivity index (χ0n) is 9.99. The van der Waals surface area contributed by atoms with Crippen LogP contribution in [0.4, 0.5) is 0 Å². The molecule has 3 rings (SSSR count). The molecule has 1 aliphatic heterocycles. The topological polar surface area (TPSA) is 42.3 Å². The van der Waals surface area contributed by atoms with Crippen LogP contribution in [0.1, 0.15) is 35.9 Å². The highest BCUT2D eigenvalue weighted by Crippen LogP contribution is 2.28. The summed E-state index contributed by atoms with van der Waals surface area (Å²) in [6, 6.07) is 2.04. The summed E-state index contributed by atoms with van der Waals surface area (Å²) in [6.07, 6.45) is 2.36. The van der Waals surface area contributed by atoms with Crippen LogP contribution in [0.2, 0.25) is 0 Å². The van der Waals surface area contributed by atoms with Crippen molar-refractivity contribution in [3.05, 3.63) is 27.7 Å². The van der Waals surface area contributed by atoms with Crippen LogP contribution in [0.15, 0.2) is 6.07 Å². The smallest absolute Gasteiger partial charge is 0.154 e. The molecule has 2 aromatic rings. The molecule has 0 bridgehead atoms. The minimum absolute atomic E-state index is 0.173. The SMILES string of the molecule is Cc1nc2cc(C3CCCO3)[nH]n2c(=S)c1C. The number of aryl methyl sites for hydroxylation is 1. The average molecular weight is 249 g/mol. The maximum atomic E-state index is 5.66. The third kappa shape index (κ3) is 1.70. The van der Waals surface area contributed by atoms with Crippen LogP contribution in [0.5, 0.6) is 0 Å². The predicted octanol–water partition coefficient (Wildman–Crippen LogP) is 2.86. The number of nitrogens with one attached hydrogen (secondary N) is 1. The van der Waals surface area contributed by atoms with E-state index in [1.807, 2.05) is 24.4 Å². The molecule has 1 atom stereocenters. The lowest BCUT2D eigenvalue weighted by atomic mass is 10.2. The van der Waals surface area contributed by atoms with E-state index in [0.29, 0.717) is 0 Å². The minimum Gasteiger partial charge on any atom is -0.372 e. The maximum absolute atomic E-state index is 5.66. The van der Waals surface area contributed by atoms with E-state index in [1.165, 1.54) is 0 Å². The van der Waals surface area contributed by atoms with Gasteiger partial charge in [0.05, 0.1) is 11.8 Å². The number of ether oxygens (including phenoxy) is 1. The van der Waals surface area contributed by atoms with Crippen molar-refractivity contribution >= 4 is 17.9 Å². The summed E-state index contributed by atoms with van der Waals surface area (Å²) in [5, 5.41) is 3.30. The van der Waals surface area contributed by atoms with E-state index in [0.717, 1.165) is 46.7 Å². The van der Waals surface area contributed by atoms with Crippen molar-refractivity contribution in [3.63, 3.8) is 0 Å². The van der Waals surface area contributed by atoms with Gasteiger partial charge in [-0.1, -0.05) is 12.2 Å². The van der Waals surface area contributed by atoms with Crippen molar-refractivity contribution in [3.8, 4) is 0 Å². The van der Waals surface area contributed by atoms with Gasteiger partial charge in [0.15, 0.2) is 5.65 Å². The first-order valence-electron chi connectivity index (χ1n) is 5.87. The summed E-state index contributed by atoms with van der Waals surface area (Å²) in [6.45, 7) is 4.84. The average Bonchev–Trinajstić information content (AvgIpc) is 2.93. The van der Waals surface area contributed by atoms with Gasteiger partial charge in [-0.25, -0.2) is 9.50 Å². The highest BCUT2D eigenvalue weighted by Gasteiger charge is 2.20. The number of nitrogens with zero attached hydrogens (tertiary/aromatic N) is 2. The molecule has 1 saturated heterocycles. The van der Waals surface area contributed by atoms with Crippen molar-refractivity contribution in [2.24, 2.45) is 0 Å². The Bertz CT molecular complexity index is 622. The van der Waals surface area contributed by atoms with Crippen LogP contribution in [-0.4, -0.2) is 21.2 Å². The predicted molar refractivity (Wildman–Crippen MR) is 67.8 cm³/mol. The Labute approximate surface area is 105 Å². The van der Waals surface area contributed by atoms with E-state index in [9.17, 15) is 0 Å². The standard InChI is InChI=1S/C12H15N3OS/c1-7-8(2)13-11-6-9(10-4-3-5-16-10)14-15(11)12(7)17/h6,10,14H,3-5H2,1-2H3. The monoisotopic (exact) mass is 249 g/mol. The maximum Gasteiger partial charge on any atom is 0.154 e. The number of rotatable bonds is 1. The second-order valence-corrected chi connectivity index (χ2v) is 4.92. The molecule has 90 valence electrons. The minimum atomic E-state index is 0.173. The molecule has 0 radical (unpaired) electrons. The summed E-state index contributed by atoms with van der Waals surface area (Å²) in [7, 11) is 0. The number of aromatic nitrogens is 3. The molecule has 0 aliphatic carbocycles. The third-order valence-corrected chi connectivity index (χ3v) is 3.87. The Hall–Kier alpha value is -1.20. The number of aromatic amines is 1. The van der Waals surface area contributed by atoms with Crippen molar-refractivity contribution in [2.75, 3.05) is 6.61 Å². The molecule has 1 N–H and O–H groups in total. The fourth-order valence-electron chi connectivity index (χ4n) is 2.23. The lowest BCUT2D eigenvalue weighted by Gasteiger charge is -2.05. The Balaban J connectivity index is 2.18. The molecule has 4 nitrogen and oxygen atoms in total. The highest BCUT2D eigenvalue weighted by atomic mass is 32.1. The molecule has 17 heavy (non-hydrogen) atoms. The second-order valence-electron chi connectivity index (χ2n) is 4.53. The largest absolute Gasteiger partial charge is 0.372 e. The first kappa shape index (κ1) is 10.9. The molecule has 0 aromatic carbocycles. The highest BCUT2D eigenvalue weighted by molar-refractivity contribution is 7.71. The van der Waals surface area contributed by atoms with Gasteiger partial charge in [0.2, 0.25) is 0 Å². The van der Waals surface area contributed by atoms with Gasteiger partial charge in [0, 0.05) is 23.9 Å². The van der Waals surface area contributed by atoms with Gasteiger partial charge in [-0.15, -0.1) is 0 Å². The summed E-state index contributed by atoms with van der Waals surface area (Å²) in [4.78, 5) is 4.54. The summed E-state index contributed by atoms with van der Waals surface area (Å²) < 4.78 is 8.33. The Morgan fingerprint density at radius 3 is 3.06 bits per heavy atom. The van der Waals surface area contributed by atoms with E-state index >= 15 is 0 Å². The van der Waals surface area contributed by atoms with Crippen LogP contribution in [-0.2, 0) is 4.74 Å². The van der Waals surface area contributed by atoms with Gasteiger partial charge in [-0.3, -0.25) is 5.10 Å². The first-order chi connectivity index (χ1) is 8.16. The number of fused-ring (bicyclic) bond motifs is 1. The normalized spacial score (nSPS) is 20.2. The van der Waals surface area contributed by atoms with Crippen LogP contribution in [0, 0.1) is 18.5 Å². The van der Waals surface area contributed by atoms with Crippen LogP contribution >= 0.6 is 12.2 Å². The van der Waals surface area contributed by atoms with Crippen molar-refractivity contribution in [1.82, 2.24) is 14.6 Å². The van der Waals surface area contributed by atoms with E-state index in [1.54, 1.807) is 0 Å². The quantitative estimate of drug-likeness (QED) is 0.790. The summed E-state index contributed by atoms with van der Waals surface area (Å²) in [5.74, 6) is 0. The van der Waals surface area contributed by atoms with Gasteiger partial charge in [-0.05, 0) is 26.7 Å². The summed E-state index contributed by atoms with van der Waals surface area (Å²) in [5.41, 5.74) is 4.00. The Morgan fingerprint density at radius 1 is 1.53 bits per heavy atom. The molecule has 2 aromatic heterocycles. The van der Waals surface area contributed by atoms with Gasteiger partial charge >= 0.3 is 0 Å². The van der Waals surface area contributed by atoms with Crippen molar-refractivity contribution in [1.29, 1.82) is 0 Å². The molecule has 1 unspecified atom stereocenters. The zero-order valence-corrected chi connectivity index (χ0v) is 10.8. The molecule has 3 heterocycles. The molecule has 1 aliphatic rings. The van der Waals surface area contributed by atoms with Gasteiger partial charge in [-0.2, -0.15) is 0 Å². The Morgan fingerprint density at radius 2 is 2.35 bits per heavy atom. The fourth-order valence-corrected chi connectivity index (χ4v) is 2.51. The van der Waals surface area contributed by atoms with Crippen molar-refractivity contribution in [2.45, 2.75) is 32.8 Å². The lowest BCUT2D eigenvalue weighted by Crippen LogP contribution is -2.00. The number of hydrogen-bond acceptors (Lipinski definition) is 3. The van der Waals surface area contributed by atoms with E-state index in [2.05, 4.69) is 10.1 Å². The van der Waals surface area contributed by atoms with E-state index < -0.39 is 0 Å². The molecule has 5 heteroatoms. The van der Waals surface area contributed by atoms with Crippen LogP contribution in [0.25, 0.3) is 5.65 Å². The third-order valence-electron chi connectivity index (χ3n) is 3.38. The van der Waals surface area contributed by atoms with E-state index in [4.69, 9.17) is 17.0 Å². The summed E-state index contributed by atoms with van der Waals surface area (Å²) >= 11 is 5.42. The Kier molecular flexibility index (Phi) is 2.52. The second kappa shape index (κ2) is 3.92. The number of hydrogen-bond donors (Lipinski definition) is 1. The lowest BCUT2D eigenvalue weighted by molar-refractivity contribution is 0.108. The van der Waals surface area contributed by atoms with Gasteiger partial charge in [0.25, 0.3) is 0 Å². The molecular weight excluding hydrogens is 234 g/mol. The number of H-pyrrole nitrogens is 1. The first-order valence-corrected chi connectivity index (χ1v) is 6.28. The molecule has 0 spiro atoms. The van der Waals surface area contributed by atoms with Crippen LogP contribution < -0.4 is 0 Å². The van der Waals surface area contributed by atoms with Gasteiger partial charge in [0.1, 0.15) is 4.64 Å². The molecule has 0 amide bonds. The molecule has 0 saturated carbocycles. The molecule has 1 fully saturated rings.